The van der Waals surface area contributed by atoms with Crippen molar-refractivity contribution in [2.45, 2.75) is 95.3 Å². The number of rotatable bonds is 20. The third kappa shape index (κ3) is 13.0. The summed E-state index contributed by atoms with van der Waals surface area (Å²) < 4.78 is 37.4. The molecule has 18 heteroatoms. The van der Waals surface area contributed by atoms with E-state index in [1.807, 2.05) is 30.3 Å². The molecule has 4 aromatic rings. The number of aromatic nitrogens is 2. The summed E-state index contributed by atoms with van der Waals surface area (Å²) >= 11 is 0. The van der Waals surface area contributed by atoms with E-state index in [-0.39, 0.29) is 18.0 Å². The van der Waals surface area contributed by atoms with Gasteiger partial charge < -0.3 is 49.9 Å². The minimum Gasteiger partial charge on any atom is -0.494 e. The van der Waals surface area contributed by atoms with Crippen LogP contribution in [0.15, 0.2) is 79.0 Å². The molecule has 5 unspecified atom stereocenters. The highest BCUT2D eigenvalue weighted by atomic mass is 32.2. The quantitative estimate of drug-likeness (QED) is 0.0624. The fourth-order valence-corrected chi connectivity index (χ4v) is 10.5. The molecule has 3 fully saturated rings. The number of hydrogen-bond acceptors (Lipinski definition) is 16. The summed E-state index contributed by atoms with van der Waals surface area (Å²) in [6.07, 6.45) is 4.04. The maximum absolute atomic E-state index is 11.5. The Kier molecular flexibility index (Phi) is 16.5. The van der Waals surface area contributed by atoms with Gasteiger partial charge in [0.15, 0.2) is 0 Å². The van der Waals surface area contributed by atoms with Crippen LogP contribution < -0.4 is 24.8 Å². The number of ether oxygens (including phenoxy) is 2. The summed E-state index contributed by atoms with van der Waals surface area (Å²) in [5.74, 6) is 2.33. The first-order valence-corrected chi connectivity index (χ1v) is 26.1. The zero-order valence-corrected chi connectivity index (χ0v) is 40.5. The van der Waals surface area contributed by atoms with Crippen molar-refractivity contribution in [1.82, 2.24) is 34.9 Å². The zero-order chi connectivity index (χ0) is 47.8. The zero-order valence-electron chi connectivity index (χ0n) is 39.7. The molecule has 5 heterocycles. The highest BCUT2D eigenvalue weighted by Crippen LogP contribution is 2.43. The molecule has 370 valence electrons. The number of fused-ring (bicyclic) bond motifs is 1. The van der Waals surface area contributed by atoms with E-state index >= 15 is 0 Å². The first-order chi connectivity index (χ1) is 32.7. The number of benzene rings is 3. The van der Waals surface area contributed by atoms with E-state index in [2.05, 4.69) is 90.3 Å². The van der Waals surface area contributed by atoms with Crippen LogP contribution >= 0.6 is 0 Å². The van der Waals surface area contributed by atoms with Crippen LogP contribution in [-0.4, -0.2) is 155 Å². The smallest absolute Gasteiger partial charge is 0.236 e. The molecule has 8 rings (SSSR count). The standard InChI is InChI=1S/C50H71N9O8S/c1-50(2,37-8-13-41(14-9-37)67-34-39-18-22-52-49(53-39)55-68(3,64)65)36-6-11-40(12-7-36)66-31-5-24-57-27-29-58(30-28-57)33-35-19-25-56(26-20-35)23-4-21-51-38-10-15-42-43(32-38)48(63)59(47(42)62)44-16-17-45(60)54-46(44)61/h6-15,18,22,32,35,44-48,51,54,60-63H,4-5,16-17,19-21,23-31,33-34H2,1-3H3,(H,52,53,55). The van der Waals surface area contributed by atoms with E-state index in [1.165, 1.54) is 36.0 Å². The molecule has 5 atom stereocenters. The van der Waals surface area contributed by atoms with Crippen molar-refractivity contribution in [1.29, 1.82) is 0 Å². The molecule has 0 radical (unpaired) electrons. The van der Waals surface area contributed by atoms with E-state index in [0.717, 1.165) is 101 Å². The lowest BCUT2D eigenvalue weighted by Gasteiger charge is -2.40. The first-order valence-electron chi connectivity index (χ1n) is 24.3. The number of nitrogens with one attached hydrogen (secondary N) is 3. The van der Waals surface area contributed by atoms with Gasteiger partial charge in [-0.25, -0.2) is 23.3 Å². The third-order valence-corrected chi connectivity index (χ3v) is 14.7. The van der Waals surface area contributed by atoms with E-state index in [0.29, 0.717) is 42.0 Å². The molecule has 0 amide bonds. The molecule has 4 aliphatic rings. The summed E-state index contributed by atoms with van der Waals surface area (Å²) in [6.45, 7) is 16.1. The normalized spacial score (nSPS) is 23.6. The highest BCUT2D eigenvalue weighted by Gasteiger charge is 2.45. The van der Waals surface area contributed by atoms with Gasteiger partial charge >= 0.3 is 0 Å². The van der Waals surface area contributed by atoms with Crippen LogP contribution in [0.5, 0.6) is 11.5 Å². The predicted octanol–water partition coefficient (Wildman–Crippen LogP) is 4.04. The predicted molar refractivity (Wildman–Crippen MR) is 261 cm³/mol. The molecule has 0 aliphatic carbocycles. The van der Waals surface area contributed by atoms with Crippen LogP contribution in [0.4, 0.5) is 11.6 Å². The molecule has 3 aromatic carbocycles. The fourth-order valence-electron chi connectivity index (χ4n) is 10.1. The van der Waals surface area contributed by atoms with Gasteiger partial charge in [0, 0.05) is 74.2 Å². The summed E-state index contributed by atoms with van der Waals surface area (Å²) in [7, 11) is -3.47. The molecule has 1 aromatic heterocycles. The van der Waals surface area contributed by atoms with Gasteiger partial charge in [-0.3, -0.25) is 10.0 Å². The Morgan fingerprint density at radius 1 is 0.750 bits per heavy atom. The summed E-state index contributed by atoms with van der Waals surface area (Å²) in [5.41, 5.74) is 4.85. The molecular weight excluding hydrogens is 887 g/mol. The number of aliphatic hydroxyl groups is 4. The van der Waals surface area contributed by atoms with E-state index in [9.17, 15) is 28.8 Å². The Hall–Kier alpha value is -4.47. The summed E-state index contributed by atoms with van der Waals surface area (Å²) in [4.78, 5) is 17.5. The van der Waals surface area contributed by atoms with Gasteiger partial charge in [-0.1, -0.05) is 44.2 Å². The SMILES string of the molecule is CC(C)(c1ccc(OCCCN2CCN(CC3CCN(CCCNc4ccc5c(c4)C(O)N(C4CCC(O)NC4O)C5O)CC3)CC2)cc1)c1ccc(OCc2ccnc(NS(C)(=O)=O)n2)cc1. The second kappa shape index (κ2) is 22.5. The molecule has 0 bridgehead atoms. The van der Waals surface area contributed by atoms with Gasteiger partial charge in [-0.15, -0.1) is 0 Å². The number of likely N-dealkylation sites (tertiary alicyclic amines) is 1. The van der Waals surface area contributed by atoms with Crippen molar-refractivity contribution in [2.24, 2.45) is 5.92 Å². The molecule has 17 nitrogen and oxygen atoms in total. The van der Waals surface area contributed by atoms with E-state index in [4.69, 9.17) is 9.47 Å². The maximum Gasteiger partial charge on any atom is 0.236 e. The molecule has 7 N–H and O–H groups in total. The monoisotopic (exact) mass is 958 g/mol. The van der Waals surface area contributed by atoms with Gasteiger partial charge in [0.05, 0.1) is 24.6 Å². The highest BCUT2D eigenvalue weighted by molar-refractivity contribution is 7.92. The lowest BCUT2D eigenvalue weighted by molar-refractivity contribution is -0.159. The van der Waals surface area contributed by atoms with E-state index in [1.54, 1.807) is 6.07 Å². The van der Waals surface area contributed by atoms with Crippen LogP contribution in [-0.2, 0) is 22.0 Å². The van der Waals surface area contributed by atoms with Gasteiger partial charge in [-0.05, 0) is 118 Å². The Labute approximate surface area is 401 Å². The summed E-state index contributed by atoms with van der Waals surface area (Å²) in [5, 5.41) is 48.6. The number of nitrogens with zero attached hydrogens (tertiary/aromatic N) is 6. The lowest BCUT2D eigenvalue weighted by Crippen LogP contribution is -2.57. The first kappa shape index (κ1) is 49.9. The molecular formula is C50H71N9O8S. The number of anilines is 2. The molecule has 0 saturated carbocycles. The number of sulfonamides is 1. The maximum atomic E-state index is 11.5. The van der Waals surface area contributed by atoms with Gasteiger partial charge in [0.2, 0.25) is 16.0 Å². The second-order valence-electron chi connectivity index (χ2n) is 19.4. The minimum atomic E-state index is -3.47. The number of aliphatic hydroxyl groups excluding tert-OH is 4. The van der Waals surface area contributed by atoms with Gasteiger partial charge in [-0.2, -0.15) is 0 Å². The van der Waals surface area contributed by atoms with Crippen molar-refractivity contribution in [3.8, 4) is 11.5 Å². The Bertz CT molecular complexity index is 2350. The third-order valence-electron chi connectivity index (χ3n) is 14.1. The number of piperazine rings is 1. The number of piperidine rings is 2. The number of hydrogen-bond donors (Lipinski definition) is 7. The van der Waals surface area contributed by atoms with Crippen molar-refractivity contribution < 1.29 is 38.3 Å². The Morgan fingerprint density at radius 3 is 2.06 bits per heavy atom. The van der Waals surface area contributed by atoms with Crippen LogP contribution in [0.3, 0.4) is 0 Å². The fraction of sp³-hybridized carbons (Fsp3) is 0.560. The minimum absolute atomic E-state index is 0.0153. The average molecular weight is 958 g/mol. The van der Waals surface area contributed by atoms with Crippen molar-refractivity contribution in [3.63, 3.8) is 0 Å². The van der Waals surface area contributed by atoms with Crippen molar-refractivity contribution in [2.75, 3.05) is 88.3 Å². The largest absolute Gasteiger partial charge is 0.494 e. The van der Waals surface area contributed by atoms with Crippen LogP contribution in [0, 0.1) is 5.92 Å². The van der Waals surface area contributed by atoms with Crippen LogP contribution in [0.25, 0.3) is 0 Å². The molecule has 3 saturated heterocycles. The topological polar surface area (TPSA) is 208 Å². The second-order valence-corrected chi connectivity index (χ2v) is 21.2. The Morgan fingerprint density at radius 2 is 1.38 bits per heavy atom. The van der Waals surface area contributed by atoms with Gasteiger partial charge in [0.1, 0.15) is 43.0 Å². The average Bonchev–Trinajstić information content (AvgIpc) is 3.57. The molecule has 4 aliphatic heterocycles. The van der Waals surface area contributed by atoms with E-state index < -0.39 is 41.0 Å². The molecule has 68 heavy (non-hydrogen) atoms. The van der Waals surface area contributed by atoms with Crippen LogP contribution in [0.2, 0.25) is 0 Å². The van der Waals surface area contributed by atoms with Crippen LogP contribution in [0.1, 0.15) is 92.8 Å². The lowest BCUT2D eigenvalue weighted by atomic mass is 9.78. The Balaban J connectivity index is 0.670. The van der Waals surface area contributed by atoms with Crippen molar-refractivity contribution in [3.05, 3.63) is 107 Å². The summed E-state index contributed by atoms with van der Waals surface area (Å²) in [6, 6.07) is 23.3. The molecule has 0 spiro atoms. The van der Waals surface area contributed by atoms with Crippen molar-refractivity contribution >= 4 is 21.7 Å². The van der Waals surface area contributed by atoms with Gasteiger partial charge in [0.25, 0.3) is 0 Å².